The number of morpholine rings is 1. The van der Waals surface area contributed by atoms with Gasteiger partial charge in [0.15, 0.2) is 5.82 Å². The van der Waals surface area contributed by atoms with Crippen molar-refractivity contribution >= 4 is 11.3 Å². The zero-order valence-electron chi connectivity index (χ0n) is 11.8. The lowest BCUT2D eigenvalue weighted by atomic mass is 10.2. The lowest BCUT2D eigenvalue weighted by Crippen LogP contribution is -2.38. The molecule has 0 amide bonds. The van der Waals surface area contributed by atoms with Gasteiger partial charge in [0, 0.05) is 32.1 Å². The van der Waals surface area contributed by atoms with Crippen molar-refractivity contribution in [1.82, 2.24) is 24.6 Å². The van der Waals surface area contributed by atoms with Crippen LogP contribution in [0.15, 0.2) is 11.7 Å². The molecule has 7 heteroatoms. The third-order valence-corrected chi connectivity index (χ3v) is 4.51. The molecule has 0 radical (unpaired) electrons. The molecular formula is C13H19N5OS. The molecule has 2 aromatic heterocycles. The number of rotatable bonds is 4. The lowest BCUT2D eigenvalue weighted by Gasteiger charge is -2.31. The van der Waals surface area contributed by atoms with Crippen LogP contribution in [0.4, 0.5) is 0 Å². The summed E-state index contributed by atoms with van der Waals surface area (Å²) < 4.78 is 7.74. The number of aromatic nitrogens is 4. The number of ether oxygens (including phenoxy) is 1. The van der Waals surface area contributed by atoms with E-state index in [1.54, 1.807) is 17.7 Å². The Morgan fingerprint density at radius 3 is 3.10 bits per heavy atom. The zero-order valence-corrected chi connectivity index (χ0v) is 12.6. The lowest BCUT2D eigenvalue weighted by molar-refractivity contribution is -0.0388. The predicted molar refractivity (Wildman–Crippen MR) is 76.5 cm³/mol. The van der Waals surface area contributed by atoms with Gasteiger partial charge in [-0.05, 0) is 6.42 Å². The van der Waals surface area contributed by atoms with Crippen LogP contribution >= 0.6 is 11.3 Å². The molecule has 0 spiro atoms. The Labute approximate surface area is 122 Å². The Bertz CT molecular complexity index is 567. The summed E-state index contributed by atoms with van der Waals surface area (Å²) in [6.07, 6.45) is 2.72. The van der Waals surface area contributed by atoms with Crippen molar-refractivity contribution in [1.29, 1.82) is 0 Å². The highest BCUT2D eigenvalue weighted by Crippen LogP contribution is 2.21. The van der Waals surface area contributed by atoms with Crippen LogP contribution in [-0.4, -0.2) is 44.3 Å². The van der Waals surface area contributed by atoms with Crippen molar-refractivity contribution in [3.8, 4) is 0 Å². The molecule has 0 N–H and O–H groups in total. The summed E-state index contributed by atoms with van der Waals surface area (Å²) in [4.78, 5) is 7.00. The molecule has 6 nitrogen and oxygen atoms in total. The van der Waals surface area contributed by atoms with Crippen molar-refractivity contribution in [2.45, 2.75) is 26.0 Å². The fraction of sp³-hybridized carbons (Fsp3) is 0.615. The quantitative estimate of drug-likeness (QED) is 0.853. The summed E-state index contributed by atoms with van der Waals surface area (Å²) in [5, 5.41) is 11.4. The molecule has 0 aromatic carbocycles. The molecule has 0 bridgehead atoms. The Kier molecular flexibility index (Phi) is 4.09. The van der Waals surface area contributed by atoms with Crippen LogP contribution in [0, 0.1) is 0 Å². The monoisotopic (exact) mass is 293 g/mol. The average molecular weight is 293 g/mol. The smallest absolute Gasteiger partial charge is 0.163 e. The highest BCUT2D eigenvalue weighted by Gasteiger charge is 2.25. The summed E-state index contributed by atoms with van der Waals surface area (Å²) in [6.45, 7) is 5.52. The van der Waals surface area contributed by atoms with Crippen LogP contribution in [0.3, 0.4) is 0 Å². The molecule has 1 aliphatic heterocycles. The van der Waals surface area contributed by atoms with Gasteiger partial charge >= 0.3 is 0 Å². The minimum atomic E-state index is 0.000492. The van der Waals surface area contributed by atoms with E-state index in [0.717, 1.165) is 44.2 Å². The first-order valence-corrected chi connectivity index (χ1v) is 7.75. The zero-order chi connectivity index (χ0) is 13.9. The van der Waals surface area contributed by atoms with E-state index in [1.165, 1.54) is 5.01 Å². The summed E-state index contributed by atoms with van der Waals surface area (Å²) in [6, 6.07) is 0. The minimum Gasteiger partial charge on any atom is -0.368 e. The number of hydrogen-bond donors (Lipinski definition) is 0. The number of aryl methyl sites for hydroxylation is 2. The number of hydrogen-bond acceptors (Lipinski definition) is 6. The van der Waals surface area contributed by atoms with E-state index in [0.29, 0.717) is 0 Å². The van der Waals surface area contributed by atoms with E-state index in [-0.39, 0.29) is 6.10 Å². The highest BCUT2D eigenvalue weighted by atomic mass is 32.1. The molecule has 2 aromatic rings. The molecule has 1 aliphatic rings. The average Bonchev–Trinajstić information content (AvgIpc) is 3.08. The van der Waals surface area contributed by atoms with Crippen LogP contribution in [-0.2, 0) is 24.8 Å². The molecule has 1 fully saturated rings. The molecule has 1 saturated heterocycles. The third kappa shape index (κ3) is 2.89. The second kappa shape index (κ2) is 5.99. The summed E-state index contributed by atoms with van der Waals surface area (Å²) >= 11 is 1.74. The molecule has 0 saturated carbocycles. The highest BCUT2D eigenvalue weighted by molar-refractivity contribution is 7.09. The van der Waals surface area contributed by atoms with Gasteiger partial charge in [-0.1, -0.05) is 6.92 Å². The van der Waals surface area contributed by atoms with Crippen LogP contribution in [0.2, 0.25) is 0 Å². The van der Waals surface area contributed by atoms with Crippen LogP contribution in [0.5, 0.6) is 0 Å². The van der Waals surface area contributed by atoms with E-state index in [4.69, 9.17) is 4.74 Å². The predicted octanol–water partition coefficient (Wildman–Crippen LogP) is 1.41. The van der Waals surface area contributed by atoms with E-state index >= 15 is 0 Å². The standard InChI is InChI=1S/C13H19N5OS/c1-3-12-15-10(8-20-12)6-18-4-5-19-11(7-18)13-16-14-9-17(13)2/h8-9,11H,3-7H2,1-2H3/t11-/m1/s1. The van der Waals surface area contributed by atoms with Crippen LogP contribution in [0.1, 0.15) is 29.6 Å². The van der Waals surface area contributed by atoms with E-state index in [1.807, 2.05) is 11.6 Å². The molecule has 3 heterocycles. The fourth-order valence-electron chi connectivity index (χ4n) is 2.40. The fourth-order valence-corrected chi connectivity index (χ4v) is 3.13. The van der Waals surface area contributed by atoms with Gasteiger partial charge in [0.1, 0.15) is 12.4 Å². The van der Waals surface area contributed by atoms with E-state index in [2.05, 4.69) is 32.4 Å². The van der Waals surface area contributed by atoms with E-state index in [9.17, 15) is 0 Å². The van der Waals surface area contributed by atoms with Gasteiger partial charge in [0.2, 0.25) is 0 Å². The number of nitrogens with zero attached hydrogens (tertiary/aromatic N) is 5. The van der Waals surface area contributed by atoms with Crippen molar-refractivity contribution in [2.75, 3.05) is 19.7 Å². The van der Waals surface area contributed by atoms with Crippen molar-refractivity contribution in [2.24, 2.45) is 7.05 Å². The summed E-state index contributed by atoms with van der Waals surface area (Å²) in [5.74, 6) is 0.891. The first-order chi connectivity index (χ1) is 9.76. The first-order valence-electron chi connectivity index (χ1n) is 6.87. The maximum absolute atomic E-state index is 5.81. The van der Waals surface area contributed by atoms with Crippen LogP contribution < -0.4 is 0 Å². The molecule has 3 rings (SSSR count). The molecule has 0 unspecified atom stereocenters. The second-order valence-electron chi connectivity index (χ2n) is 4.98. The second-order valence-corrected chi connectivity index (χ2v) is 5.92. The van der Waals surface area contributed by atoms with Gasteiger partial charge in [-0.2, -0.15) is 0 Å². The Morgan fingerprint density at radius 1 is 1.50 bits per heavy atom. The van der Waals surface area contributed by atoms with Gasteiger partial charge in [-0.3, -0.25) is 4.90 Å². The largest absolute Gasteiger partial charge is 0.368 e. The van der Waals surface area contributed by atoms with Crippen molar-refractivity contribution in [3.63, 3.8) is 0 Å². The SMILES string of the molecule is CCc1nc(CN2CCO[C@@H](c3nncn3C)C2)cs1. The normalized spacial score (nSPS) is 20.4. The topological polar surface area (TPSA) is 56.1 Å². The summed E-state index contributed by atoms with van der Waals surface area (Å²) in [5.41, 5.74) is 1.16. The third-order valence-electron chi connectivity index (χ3n) is 3.47. The van der Waals surface area contributed by atoms with Gasteiger partial charge < -0.3 is 9.30 Å². The van der Waals surface area contributed by atoms with E-state index < -0.39 is 0 Å². The maximum atomic E-state index is 5.81. The van der Waals surface area contributed by atoms with Crippen LogP contribution in [0.25, 0.3) is 0 Å². The number of thiazole rings is 1. The van der Waals surface area contributed by atoms with Crippen molar-refractivity contribution in [3.05, 3.63) is 28.2 Å². The first kappa shape index (κ1) is 13.7. The van der Waals surface area contributed by atoms with Gasteiger partial charge in [-0.25, -0.2) is 4.98 Å². The Hall–Kier alpha value is -1.31. The molecule has 108 valence electrons. The van der Waals surface area contributed by atoms with Crippen molar-refractivity contribution < 1.29 is 4.74 Å². The molecule has 20 heavy (non-hydrogen) atoms. The maximum Gasteiger partial charge on any atom is 0.163 e. The summed E-state index contributed by atoms with van der Waals surface area (Å²) in [7, 11) is 1.95. The van der Waals surface area contributed by atoms with Gasteiger partial charge in [0.25, 0.3) is 0 Å². The Balaban J connectivity index is 1.65. The Morgan fingerprint density at radius 2 is 2.40 bits per heavy atom. The van der Waals surface area contributed by atoms with Gasteiger partial charge in [0.05, 0.1) is 17.3 Å². The minimum absolute atomic E-state index is 0.000492. The molecular weight excluding hydrogens is 274 g/mol. The molecule has 0 aliphatic carbocycles. The van der Waals surface area contributed by atoms with Gasteiger partial charge in [-0.15, -0.1) is 21.5 Å². The molecule has 1 atom stereocenters.